The number of pyridine rings is 1. The standard InChI is InChI=1S/C16H12Cl2F3N3/c1-8-10(4-3-5-11(8)16(19,20)21)7-24-9(2)22-14-12(24)6-13(17)23-15(14)18/h3-6H,7H2,1-2H3. The monoisotopic (exact) mass is 373 g/mol. The number of hydrogen-bond acceptors (Lipinski definition) is 2. The number of fused-ring (bicyclic) bond motifs is 1. The maximum Gasteiger partial charge on any atom is 0.416 e. The van der Waals surface area contributed by atoms with Crippen LogP contribution in [0.1, 0.15) is 22.5 Å². The summed E-state index contributed by atoms with van der Waals surface area (Å²) in [6.07, 6.45) is -4.39. The van der Waals surface area contributed by atoms with Gasteiger partial charge in [0.2, 0.25) is 0 Å². The van der Waals surface area contributed by atoms with Gasteiger partial charge in [0.1, 0.15) is 16.5 Å². The molecule has 3 nitrogen and oxygen atoms in total. The number of imidazole rings is 1. The molecular formula is C16H12Cl2F3N3. The van der Waals surface area contributed by atoms with Crippen LogP contribution in [0.2, 0.25) is 10.3 Å². The van der Waals surface area contributed by atoms with Crippen LogP contribution in [0.15, 0.2) is 24.3 Å². The van der Waals surface area contributed by atoms with Crippen molar-refractivity contribution < 1.29 is 13.2 Å². The van der Waals surface area contributed by atoms with Crippen LogP contribution in [0, 0.1) is 13.8 Å². The van der Waals surface area contributed by atoms with Gasteiger partial charge in [0, 0.05) is 12.6 Å². The highest BCUT2D eigenvalue weighted by Gasteiger charge is 2.32. The van der Waals surface area contributed by atoms with Crippen LogP contribution in [-0.4, -0.2) is 14.5 Å². The molecule has 1 aromatic carbocycles. The zero-order chi connectivity index (χ0) is 17.6. The highest BCUT2D eigenvalue weighted by Crippen LogP contribution is 2.34. The van der Waals surface area contributed by atoms with E-state index in [0.29, 0.717) is 22.4 Å². The molecule has 0 radical (unpaired) electrons. The lowest BCUT2D eigenvalue weighted by molar-refractivity contribution is -0.138. The molecule has 3 rings (SSSR count). The summed E-state index contributed by atoms with van der Waals surface area (Å²) in [4.78, 5) is 8.27. The molecule has 8 heteroatoms. The van der Waals surface area contributed by atoms with E-state index in [1.807, 2.05) is 0 Å². The van der Waals surface area contributed by atoms with Crippen LogP contribution in [-0.2, 0) is 12.7 Å². The molecule has 0 fully saturated rings. The number of halogens is 5. The predicted octanol–water partition coefficient (Wildman–Crippen LogP) is 5.42. The zero-order valence-electron chi connectivity index (χ0n) is 12.7. The molecule has 0 atom stereocenters. The maximum absolute atomic E-state index is 13.1. The van der Waals surface area contributed by atoms with Gasteiger partial charge in [-0.1, -0.05) is 35.3 Å². The molecule has 0 bridgehead atoms. The van der Waals surface area contributed by atoms with Crippen LogP contribution in [0.3, 0.4) is 0 Å². The van der Waals surface area contributed by atoms with Gasteiger partial charge in [0.25, 0.3) is 0 Å². The molecule has 2 heterocycles. The van der Waals surface area contributed by atoms with Crippen LogP contribution >= 0.6 is 23.2 Å². The predicted molar refractivity (Wildman–Crippen MR) is 87.6 cm³/mol. The highest BCUT2D eigenvalue weighted by molar-refractivity contribution is 6.36. The van der Waals surface area contributed by atoms with Gasteiger partial charge in [0.15, 0.2) is 5.15 Å². The summed E-state index contributed by atoms with van der Waals surface area (Å²) in [6, 6.07) is 5.75. The summed E-state index contributed by atoms with van der Waals surface area (Å²) in [5.41, 5.74) is 1.21. The quantitative estimate of drug-likeness (QED) is 0.561. The van der Waals surface area contributed by atoms with Gasteiger partial charge in [-0.05, 0) is 31.0 Å². The van der Waals surface area contributed by atoms with Crippen molar-refractivity contribution in [2.75, 3.05) is 0 Å². The van der Waals surface area contributed by atoms with E-state index in [1.165, 1.54) is 13.0 Å². The minimum atomic E-state index is -4.39. The number of aryl methyl sites for hydroxylation is 1. The van der Waals surface area contributed by atoms with Crippen molar-refractivity contribution in [1.82, 2.24) is 14.5 Å². The first-order chi connectivity index (χ1) is 11.2. The molecule has 0 saturated carbocycles. The van der Waals surface area contributed by atoms with Crippen molar-refractivity contribution in [3.63, 3.8) is 0 Å². The third-order valence-electron chi connectivity index (χ3n) is 3.93. The second-order valence-corrected chi connectivity index (χ2v) is 6.18. The second-order valence-electron chi connectivity index (χ2n) is 5.44. The SMILES string of the molecule is Cc1c(Cn2c(C)nc3c(Cl)nc(Cl)cc32)cccc1C(F)(F)F. The van der Waals surface area contributed by atoms with Crippen molar-refractivity contribution in [3.8, 4) is 0 Å². The van der Waals surface area contributed by atoms with Gasteiger partial charge in [0.05, 0.1) is 11.1 Å². The van der Waals surface area contributed by atoms with E-state index in [-0.39, 0.29) is 22.4 Å². The van der Waals surface area contributed by atoms with Crippen molar-refractivity contribution in [3.05, 3.63) is 57.1 Å². The largest absolute Gasteiger partial charge is 0.416 e. The van der Waals surface area contributed by atoms with E-state index in [1.54, 1.807) is 23.6 Å². The van der Waals surface area contributed by atoms with Crippen molar-refractivity contribution in [2.45, 2.75) is 26.6 Å². The van der Waals surface area contributed by atoms with Gasteiger partial charge < -0.3 is 4.57 Å². The van der Waals surface area contributed by atoms with E-state index >= 15 is 0 Å². The normalized spacial score (nSPS) is 12.1. The Bertz CT molecular complexity index is 932. The molecule has 0 spiro atoms. The van der Waals surface area contributed by atoms with Crippen LogP contribution in [0.4, 0.5) is 13.2 Å². The fourth-order valence-electron chi connectivity index (χ4n) is 2.70. The van der Waals surface area contributed by atoms with Crippen molar-refractivity contribution in [1.29, 1.82) is 0 Å². The van der Waals surface area contributed by atoms with Crippen molar-refractivity contribution in [2.24, 2.45) is 0 Å². The topological polar surface area (TPSA) is 30.7 Å². The van der Waals surface area contributed by atoms with Crippen LogP contribution < -0.4 is 0 Å². The lowest BCUT2D eigenvalue weighted by Crippen LogP contribution is -2.11. The lowest BCUT2D eigenvalue weighted by Gasteiger charge is -2.15. The summed E-state index contributed by atoms with van der Waals surface area (Å²) in [5.74, 6) is 0.618. The van der Waals surface area contributed by atoms with E-state index < -0.39 is 11.7 Å². The number of rotatable bonds is 2. The number of alkyl halides is 3. The molecule has 24 heavy (non-hydrogen) atoms. The van der Waals surface area contributed by atoms with Crippen molar-refractivity contribution >= 4 is 34.2 Å². The molecule has 126 valence electrons. The number of nitrogens with zero attached hydrogens (tertiary/aromatic N) is 3. The van der Waals surface area contributed by atoms with Gasteiger partial charge in [-0.2, -0.15) is 13.2 Å². The molecule has 0 N–H and O–H groups in total. The summed E-state index contributed by atoms with van der Waals surface area (Å²) >= 11 is 12.0. The molecular weight excluding hydrogens is 362 g/mol. The lowest BCUT2D eigenvalue weighted by atomic mass is 10.0. The third kappa shape index (κ3) is 2.96. The van der Waals surface area contributed by atoms with E-state index in [2.05, 4.69) is 9.97 Å². The summed E-state index contributed by atoms with van der Waals surface area (Å²) < 4.78 is 41.0. The van der Waals surface area contributed by atoms with E-state index in [0.717, 1.165) is 6.07 Å². The first kappa shape index (κ1) is 17.0. The average Bonchev–Trinajstić information content (AvgIpc) is 2.77. The Balaban J connectivity index is 2.13. The molecule has 0 amide bonds. The number of benzene rings is 1. The Hall–Kier alpha value is -1.79. The summed E-state index contributed by atoms with van der Waals surface area (Å²) in [5, 5.41) is 0.370. The fraction of sp³-hybridized carbons (Fsp3) is 0.250. The Kier molecular flexibility index (Phi) is 4.21. The third-order valence-corrected chi connectivity index (χ3v) is 4.39. The van der Waals surface area contributed by atoms with Gasteiger partial charge in [-0.3, -0.25) is 0 Å². The summed E-state index contributed by atoms with van der Waals surface area (Å²) in [6.45, 7) is 3.45. The first-order valence-electron chi connectivity index (χ1n) is 7.03. The molecule has 0 unspecified atom stereocenters. The summed E-state index contributed by atoms with van der Waals surface area (Å²) in [7, 11) is 0. The molecule has 0 aliphatic heterocycles. The van der Waals surface area contributed by atoms with Gasteiger partial charge in [-0.25, -0.2) is 9.97 Å². The van der Waals surface area contributed by atoms with Gasteiger partial charge in [-0.15, -0.1) is 0 Å². The average molecular weight is 374 g/mol. The Morgan fingerprint density at radius 2 is 1.83 bits per heavy atom. The Morgan fingerprint density at radius 1 is 1.12 bits per heavy atom. The molecule has 3 aromatic rings. The van der Waals surface area contributed by atoms with Gasteiger partial charge >= 0.3 is 6.18 Å². The molecule has 0 aliphatic carbocycles. The van der Waals surface area contributed by atoms with Crippen LogP contribution in [0.25, 0.3) is 11.0 Å². The molecule has 0 aliphatic rings. The highest BCUT2D eigenvalue weighted by atomic mass is 35.5. The van der Waals surface area contributed by atoms with E-state index in [4.69, 9.17) is 23.2 Å². The second kappa shape index (κ2) is 5.93. The fourth-order valence-corrected chi connectivity index (χ4v) is 3.16. The Morgan fingerprint density at radius 3 is 2.50 bits per heavy atom. The first-order valence-corrected chi connectivity index (χ1v) is 7.78. The maximum atomic E-state index is 13.1. The minimum Gasteiger partial charge on any atom is -0.324 e. The molecule has 0 saturated heterocycles. The van der Waals surface area contributed by atoms with E-state index in [9.17, 15) is 13.2 Å². The smallest absolute Gasteiger partial charge is 0.324 e. The number of aromatic nitrogens is 3. The molecule has 2 aromatic heterocycles. The Labute approximate surface area is 146 Å². The number of hydrogen-bond donors (Lipinski definition) is 0. The minimum absolute atomic E-state index is 0.167. The zero-order valence-corrected chi connectivity index (χ0v) is 14.3. The van der Waals surface area contributed by atoms with Crippen LogP contribution in [0.5, 0.6) is 0 Å².